The van der Waals surface area contributed by atoms with E-state index >= 15 is 0 Å². The Hall–Kier alpha value is -0.610. The van der Waals surface area contributed by atoms with E-state index in [9.17, 15) is 4.79 Å². The predicted octanol–water partition coefficient (Wildman–Crippen LogP) is 1.03. The van der Waals surface area contributed by atoms with Gasteiger partial charge in [-0.25, -0.2) is 0 Å². The Morgan fingerprint density at radius 2 is 1.73 bits per heavy atom. The molecule has 4 heteroatoms. The largest absolute Gasteiger partial charge is 0.466 e. The average Bonchev–Trinajstić information content (AvgIpc) is 1.97. The van der Waals surface area contributed by atoms with E-state index in [-0.39, 0.29) is 11.9 Å². The molecule has 0 bridgehead atoms. The lowest BCUT2D eigenvalue weighted by molar-refractivity contribution is -0.151. The van der Waals surface area contributed by atoms with Crippen LogP contribution in [0, 0.1) is 5.92 Å². The van der Waals surface area contributed by atoms with Gasteiger partial charge in [-0.2, -0.15) is 0 Å². The molecule has 0 aliphatic rings. The number of nitrogens with two attached hydrogens (primary N) is 2. The molecule has 90 valence electrons. The molecule has 4 nitrogen and oxygen atoms in total. The summed E-state index contributed by atoms with van der Waals surface area (Å²) in [5, 5.41) is 0. The Labute approximate surface area is 92.3 Å². The molecule has 0 saturated heterocycles. The smallest absolute Gasteiger partial charge is 0.310 e. The minimum absolute atomic E-state index is 0.261. The first-order valence-electron chi connectivity index (χ1n) is 5.32. The molecular formula is C11H24N2O2. The van der Waals surface area contributed by atoms with Crippen LogP contribution in [0.2, 0.25) is 0 Å². The van der Waals surface area contributed by atoms with Gasteiger partial charge in [0.2, 0.25) is 0 Å². The van der Waals surface area contributed by atoms with Crippen molar-refractivity contribution in [3.8, 4) is 0 Å². The molecule has 0 amide bonds. The van der Waals surface area contributed by atoms with E-state index < -0.39 is 11.1 Å². The second kappa shape index (κ2) is 4.94. The number of ether oxygens (including phenoxy) is 1. The van der Waals surface area contributed by atoms with Gasteiger partial charge in [0.15, 0.2) is 0 Å². The molecule has 0 aliphatic heterocycles. The van der Waals surface area contributed by atoms with Gasteiger partial charge >= 0.3 is 5.97 Å². The Morgan fingerprint density at radius 1 is 1.27 bits per heavy atom. The van der Waals surface area contributed by atoms with Crippen LogP contribution in [0.1, 0.15) is 41.0 Å². The summed E-state index contributed by atoms with van der Waals surface area (Å²) in [5.74, 6) is -0.624. The van der Waals surface area contributed by atoms with Gasteiger partial charge in [0.1, 0.15) is 0 Å². The maximum absolute atomic E-state index is 11.7. The van der Waals surface area contributed by atoms with Crippen LogP contribution >= 0.6 is 0 Å². The number of carbonyl (C=O) groups excluding carboxylic acids is 1. The van der Waals surface area contributed by atoms with Crippen LogP contribution in [0.3, 0.4) is 0 Å². The maximum atomic E-state index is 11.7. The van der Waals surface area contributed by atoms with Gasteiger partial charge in [0.25, 0.3) is 0 Å². The highest BCUT2D eigenvalue weighted by molar-refractivity contribution is 5.74. The topological polar surface area (TPSA) is 78.3 Å². The fourth-order valence-electron chi connectivity index (χ4n) is 1.42. The molecule has 0 rings (SSSR count). The highest BCUT2D eigenvalue weighted by Gasteiger charge is 2.36. The highest BCUT2D eigenvalue weighted by atomic mass is 16.5. The van der Waals surface area contributed by atoms with E-state index in [1.165, 1.54) is 0 Å². The molecule has 0 spiro atoms. The van der Waals surface area contributed by atoms with E-state index in [0.29, 0.717) is 13.0 Å². The molecule has 0 aromatic carbocycles. The van der Waals surface area contributed by atoms with E-state index in [1.807, 2.05) is 27.7 Å². The third kappa shape index (κ3) is 5.74. The van der Waals surface area contributed by atoms with Crippen LogP contribution in [0.4, 0.5) is 0 Å². The van der Waals surface area contributed by atoms with Crippen molar-refractivity contribution in [2.45, 2.75) is 52.1 Å². The Balaban J connectivity index is 4.68. The van der Waals surface area contributed by atoms with Crippen LogP contribution in [0.5, 0.6) is 0 Å². The normalized spacial score (nSPS) is 14.9. The van der Waals surface area contributed by atoms with Gasteiger partial charge in [-0.05, 0) is 41.0 Å². The minimum Gasteiger partial charge on any atom is -0.466 e. The summed E-state index contributed by atoms with van der Waals surface area (Å²) in [6, 6.07) is 0. The molecule has 0 aromatic rings. The van der Waals surface area contributed by atoms with Gasteiger partial charge in [-0.1, -0.05) is 0 Å². The van der Waals surface area contributed by atoms with Gasteiger partial charge in [0, 0.05) is 11.1 Å². The summed E-state index contributed by atoms with van der Waals surface area (Å²) >= 11 is 0. The van der Waals surface area contributed by atoms with Crippen molar-refractivity contribution in [1.29, 1.82) is 0 Å². The lowest BCUT2D eigenvalue weighted by atomic mass is 9.80. The Kier molecular flexibility index (Phi) is 4.74. The molecule has 0 radical (unpaired) electrons. The van der Waals surface area contributed by atoms with E-state index in [1.54, 1.807) is 6.92 Å². The summed E-state index contributed by atoms with van der Waals surface area (Å²) < 4.78 is 5.00. The van der Waals surface area contributed by atoms with Crippen molar-refractivity contribution in [3.63, 3.8) is 0 Å². The molecule has 0 saturated carbocycles. The Morgan fingerprint density at radius 3 is 2.00 bits per heavy atom. The van der Waals surface area contributed by atoms with Crippen molar-refractivity contribution in [1.82, 2.24) is 0 Å². The van der Waals surface area contributed by atoms with Gasteiger partial charge < -0.3 is 16.2 Å². The second-order valence-corrected chi connectivity index (χ2v) is 5.32. The SMILES string of the molecule is CCOC(=O)C(CC(C)(C)N)C(C)(C)N. The van der Waals surface area contributed by atoms with E-state index in [0.717, 1.165) is 0 Å². The van der Waals surface area contributed by atoms with Crippen molar-refractivity contribution in [2.24, 2.45) is 17.4 Å². The van der Waals surface area contributed by atoms with Crippen molar-refractivity contribution in [2.75, 3.05) is 6.61 Å². The van der Waals surface area contributed by atoms with Crippen molar-refractivity contribution >= 4 is 5.97 Å². The fourth-order valence-corrected chi connectivity index (χ4v) is 1.42. The van der Waals surface area contributed by atoms with Crippen LogP contribution in [-0.2, 0) is 9.53 Å². The average molecular weight is 216 g/mol. The number of rotatable bonds is 5. The molecule has 15 heavy (non-hydrogen) atoms. The maximum Gasteiger partial charge on any atom is 0.310 e. The third-order valence-corrected chi connectivity index (χ3v) is 2.20. The lowest BCUT2D eigenvalue weighted by Gasteiger charge is -2.33. The second-order valence-electron chi connectivity index (χ2n) is 5.32. The summed E-state index contributed by atoms with van der Waals surface area (Å²) in [6.45, 7) is 9.55. The zero-order valence-electron chi connectivity index (χ0n) is 10.5. The molecule has 0 fully saturated rings. The number of hydrogen-bond donors (Lipinski definition) is 2. The number of carbonyl (C=O) groups is 1. The fraction of sp³-hybridized carbons (Fsp3) is 0.909. The van der Waals surface area contributed by atoms with Gasteiger partial charge in [0.05, 0.1) is 12.5 Å². The van der Waals surface area contributed by atoms with Crippen LogP contribution in [-0.4, -0.2) is 23.7 Å². The quantitative estimate of drug-likeness (QED) is 0.673. The monoisotopic (exact) mass is 216 g/mol. The first-order chi connectivity index (χ1) is 6.58. The summed E-state index contributed by atoms with van der Waals surface area (Å²) in [4.78, 5) is 11.7. The van der Waals surface area contributed by atoms with Crippen LogP contribution in [0.15, 0.2) is 0 Å². The van der Waals surface area contributed by atoms with Crippen LogP contribution < -0.4 is 11.5 Å². The van der Waals surface area contributed by atoms with Crippen LogP contribution in [0.25, 0.3) is 0 Å². The highest BCUT2D eigenvalue weighted by Crippen LogP contribution is 2.24. The number of hydrogen-bond acceptors (Lipinski definition) is 4. The van der Waals surface area contributed by atoms with Crippen molar-refractivity contribution < 1.29 is 9.53 Å². The van der Waals surface area contributed by atoms with Crippen molar-refractivity contribution in [3.05, 3.63) is 0 Å². The molecule has 1 unspecified atom stereocenters. The van der Waals surface area contributed by atoms with Gasteiger partial charge in [-0.3, -0.25) is 4.79 Å². The molecule has 4 N–H and O–H groups in total. The third-order valence-electron chi connectivity index (χ3n) is 2.20. The Bertz CT molecular complexity index is 214. The first-order valence-corrected chi connectivity index (χ1v) is 5.32. The summed E-state index contributed by atoms with van der Waals surface area (Å²) in [7, 11) is 0. The molecule has 0 aliphatic carbocycles. The lowest BCUT2D eigenvalue weighted by Crippen LogP contribution is -2.50. The molecule has 0 heterocycles. The predicted molar refractivity (Wildman–Crippen MR) is 61.3 cm³/mol. The zero-order chi connectivity index (χ0) is 12.3. The summed E-state index contributed by atoms with van der Waals surface area (Å²) in [6.07, 6.45) is 0.523. The summed E-state index contributed by atoms with van der Waals surface area (Å²) in [5.41, 5.74) is 10.8. The molecule has 1 atom stereocenters. The standard InChI is InChI=1S/C11H24N2O2/c1-6-15-9(14)8(11(4,5)13)7-10(2,3)12/h8H,6-7,12-13H2,1-5H3. The minimum atomic E-state index is -0.608. The van der Waals surface area contributed by atoms with E-state index in [4.69, 9.17) is 16.2 Å². The van der Waals surface area contributed by atoms with Gasteiger partial charge in [-0.15, -0.1) is 0 Å². The molecule has 0 aromatic heterocycles. The number of esters is 1. The molecular weight excluding hydrogens is 192 g/mol. The first kappa shape index (κ1) is 14.4. The zero-order valence-corrected chi connectivity index (χ0v) is 10.5. The van der Waals surface area contributed by atoms with E-state index in [2.05, 4.69) is 0 Å².